The standard InChI is InChI=1S/C23H28N2O3/c1-16(2)21(23(27)28)25-14-13-20(22(25)26)24-15-19(17-9-5-3-6-10-17)18-11-7-4-8-12-18/h3-12,16,19-21,24H,13-15H2,1-2H3,(H,27,28). The van der Waals surface area contributed by atoms with Gasteiger partial charge in [0.15, 0.2) is 0 Å². The maximum absolute atomic E-state index is 12.8. The zero-order chi connectivity index (χ0) is 20.1. The summed E-state index contributed by atoms with van der Waals surface area (Å²) in [6.07, 6.45) is 0.631. The number of hydrogen-bond acceptors (Lipinski definition) is 3. The van der Waals surface area contributed by atoms with Crippen molar-refractivity contribution >= 4 is 11.9 Å². The Bertz CT molecular complexity index is 753. The zero-order valence-corrected chi connectivity index (χ0v) is 16.4. The van der Waals surface area contributed by atoms with Gasteiger partial charge >= 0.3 is 5.97 Å². The number of amides is 1. The summed E-state index contributed by atoms with van der Waals surface area (Å²) in [5.74, 6) is -1.04. The largest absolute Gasteiger partial charge is 0.480 e. The van der Waals surface area contributed by atoms with Gasteiger partial charge in [-0.05, 0) is 23.5 Å². The minimum absolute atomic E-state index is 0.110. The first-order valence-corrected chi connectivity index (χ1v) is 9.85. The van der Waals surface area contributed by atoms with E-state index >= 15 is 0 Å². The first-order chi connectivity index (χ1) is 13.5. The third-order valence-electron chi connectivity index (χ3n) is 5.43. The van der Waals surface area contributed by atoms with Gasteiger partial charge in [0.25, 0.3) is 0 Å². The molecule has 0 aliphatic carbocycles. The quantitative estimate of drug-likeness (QED) is 0.738. The summed E-state index contributed by atoms with van der Waals surface area (Å²) in [4.78, 5) is 26.0. The van der Waals surface area contributed by atoms with Crippen LogP contribution in [0.5, 0.6) is 0 Å². The molecule has 5 nitrogen and oxygen atoms in total. The summed E-state index contributed by atoms with van der Waals surface area (Å²) in [6.45, 7) is 4.78. The first kappa shape index (κ1) is 20.1. The van der Waals surface area contributed by atoms with Crippen molar-refractivity contribution in [2.45, 2.75) is 38.3 Å². The Balaban J connectivity index is 1.72. The summed E-state index contributed by atoms with van der Waals surface area (Å²) in [5.41, 5.74) is 2.38. The molecule has 0 bridgehead atoms. The Morgan fingerprint density at radius 3 is 2.07 bits per heavy atom. The average molecular weight is 380 g/mol. The minimum atomic E-state index is -0.935. The van der Waals surface area contributed by atoms with Crippen LogP contribution >= 0.6 is 0 Å². The monoisotopic (exact) mass is 380 g/mol. The number of carbonyl (C=O) groups is 2. The fraction of sp³-hybridized carbons (Fsp3) is 0.391. The Kier molecular flexibility index (Phi) is 6.47. The number of benzene rings is 2. The summed E-state index contributed by atoms with van der Waals surface area (Å²) >= 11 is 0. The van der Waals surface area contributed by atoms with E-state index in [0.29, 0.717) is 19.5 Å². The van der Waals surface area contributed by atoms with Crippen molar-refractivity contribution in [3.05, 3.63) is 71.8 Å². The molecule has 3 rings (SSSR count). The van der Waals surface area contributed by atoms with Crippen molar-refractivity contribution in [2.24, 2.45) is 5.92 Å². The topological polar surface area (TPSA) is 69.6 Å². The second-order valence-electron chi connectivity index (χ2n) is 7.68. The maximum atomic E-state index is 12.8. The van der Waals surface area contributed by atoms with Gasteiger partial charge in [0.05, 0.1) is 6.04 Å². The summed E-state index contributed by atoms with van der Waals surface area (Å²) in [5, 5.41) is 12.9. The Labute approximate surface area is 166 Å². The van der Waals surface area contributed by atoms with Crippen LogP contribution in [0.15, 0.2) is 60.7 Å². The van der Waals surface area contributed by atoms with Gasteiger partial charge in [-0.1, -0.05) is 74.5 Å². The average Bonchev–Trinajstić information content (AvgIpc) is 3.04. The molecule has 1 aliphatic heterocycles. The van der Waals surface area contributed by atoms with E-state index in [1.807, 2.05) is 50.2 Å². The van der Waals surface area contributed by atoms with Crippen LogP contribution in [0.25, 0.3) is 0 Å². The van der Waals surface area contributed by atoms with Crippen molar-refractivity contribution < 1.29 is 14.7 Å². The number of aliphatic carboxylic acids is 1. The highest BCUT2D eigenvalue weighted by atomic mass is 16.4. The lowest BCUT2D eigenvalue weighted by molar-refractivity contribution is -0.150. The number of carboxylic acids is 1. The van der Waals surface area contributed by atoms with E-state index in [9.17, 15) is 14.7 Å². The SMILES string of the molecule is CC(C)C(C(=O)O)N1CCC(NCC(c2ccccc2)c2ccccc2)C1=O. The smallest absolute Gasteiger partial charge is 0.326 e. The van der Waals surface area contributed by atoms with Gasteiger partial charge in [0.1, 0.15) is 6.04 Å². The van der Waals surface area contributed by atoms with Crippen molar-refractivity contribution in [1.82, 2.24) is 10.2 Å². The number of nitrogens with zero attached hydrogens (tertiary/aromatic N) is 1. The van der Waals surface area contributed by atoms with Crippen molar-refractivity contribution in [3.8, 4) is 0 Å². The molecule has 1 amide bonds. The van der Waals surface area contributed by atoms with Crippen LogP contribution in [-0.2, 0) is 9.59 Å². The van der Waals surface area contributed by atoms with E-state index in [1.54, 1.807) is 0 Å². The van der Waals surface area contributed by atoms with Crippen molar-refractivity contribution in [1.29, 1.82) is 0 Å². The van der Waals surface area contributed by atoms with E-state index < -0.39 is 12.0 Å². The van der Waals surface area contributed by atoms with Crippen LogP contribution in [0, 0.1) is 5.92 Å². The molecule has 0 aromatic heterocycles. The summed E-state index contributed by atoms with van der Waals surface area (Å²) in [7, 11) is 0. The van der Waals surface area contributed by atoms with Gasteiger partial charge in [0.2, 0.25) is 5.91 Å². The Morgan fingerprint density at radius 1 is 1.07 bits per heavy atom. The lowest BCUT2D eigenvalue weighted by Crippen LogP contribution is -2.49. The normalized spacial score (nSPS) is 18.1. The third-order valence-corrected chi connectivity index (χ3v) is 5.43. The number of likely N-dealkylation sites (tertiary alicyclic amines) is 1. The van der Waals surface area contributed by atoms with Crippen molar-refractivity contribution in [3.63, 3.8) is 0 Å². The molecule has 1 aliphatic rings. The van der Waals surface area contributed by atoms with E-state index in [1.165, 1.54) is 16.0 Å². The highest BCUT2D eigenvalue weighted by molar-refractivity contribution is 5.88. The molecule has 2 atom stereocenters. The highest BCUT2D eigenvalue weighted by Gasteiger charge is 2.40. The van der Waals surface area contributed by atoms with Crippen LogP contribution in [0.3, 0.4) is 0 Å². The van der Waals surface area contributed by atoms with Crippen LogP contribution in [-0.4, -0.2) is 47.1 Å². The Morgan fingerprint density at radius 2 is 1.61 bits per heavy atom. The molecule has 2 unspecified atom stereocenters. The van der Waals surface area contributed by atoms with Crippen LogP contribution in [0.2, 0.25) is 0 Å². The lowest BCUT2D eigenvalue weighted by Gasteiger charge is -2.28. The maximum Gasteiger partial charge on any atom is 0.326 e. The molecule has 1 heterocycles. The minimum Gasteiger partial charge on any atom is -0.480 e. The number of carboxylic acid groups (broad SMARTS) is 1. The van der Waals surface area contributed by atoms with Gasteiger partial charge in [-0.25, -0.2) is 4.79 Å². The number of rotatable bonds is 8. The van der Waals surface area contributed by atoms with Crippen molar-refractivity contribution in [2.75, 3.05) is 13.1 Å². The van der Waals surface area contributed by atoms with Crippen LogP contribution in [0.1, 0.15) is 37.3 Å². The summed E-state index contributed by atoms with van der Waals surface area (Å²) < 4.78 is 0. The molecule has 1 saturated heterocycles. The van der Waals surface area contributed by atoms with Gasteiger partial charge in [-0.2, -0.15) is 0 Å². The molecule has 2 aromatic carbocycles. The first-order valence-electron chi connectivity index (χ1n) is 9.85. The highest BCUT2D eigenvalue weighted by Crippen LogP contribution is 2.25. The number of carbonyl (C=O) groups excluding carboxylic acids is 1. The molecular formula is C23H28N2O3. The molecule has 28 heavy (non-hydrogen) atoms. The van der Waals surface area contributed by atoms with E-state index in [0.717, 1.165) is 0 Å². The fourth-order valence-electron chi connectivity index (χ4n) is 4.00. The van der Waals surface area contributed by atoms with E-state index in [4.69, 9.17) is 0 Å². The number of hydrogen-bond donors (Lipinski definition) is 2. The fourth-order valence-corrected chi connectivity index (χ4v) is 4.00. The number of nitrogens with one attached hydrogen (secondary N) is 1. The van der Waals surface area contributed by atoms with Gasteiger partial charge < -0.3 is 15.3 Å². The van der Waals surface area contributed by atoms with Crippen LogP contribution in [0.4, 0.5) is 0 Å². The second-order valence-corrected chi connectivity index (χ2v) is 7.68. The Hall–Kier alpha value is -2.66. The molecule has 5 heteroatoms. The molecule has 2 aromatic rings. The van der Waals surface area contributed by atoms with E-state index in [2.05, 4.69) is 29.6 Å². The molecule has 1 fully saturated rings. The molecule has 0 spiro atoms. The van der Waals surface area contributed by atoms with Crippen LogP contribution < -0.4 is 5.32 Å². The van der Waals surface area contributed by atoms with E-state index in [-0.39, 0.29) is 23.8 Å². The predicted octanol–water partition coefficient (Wildman–Crippen LogP) is 3.12. The molecule has 2 N–H and O–H groups in total. The molecule has 0 saturated carbocycles. The third kappa shape index (κ3) is 4.42. The predicted molar refractivity (Wildman–Crippen MR) is 109 cm³/mol. The zero-order valence-electron chi connectivity index (χ0n) is 16.4. The van der Waals surface area contributed by atoms with Gasteiger partial charge in [-0.3, -0.25) is 4.79 Å². The second kappa shape index (κ2) is 9.02. The lowest BCUT2D eigenvalue weighted by atomic mass is 9.91. The molecule has 148 valence electrons. The van der Waals surface area contributed by atoms with Gasteiger partial charge in [-0.15, -0.1) is 0 Å². The van der Waals surface area contributed by atoms with Gasteiger partial charge in [0, 0.05) is 19.0 Å². The molecule has 0 radical (unpaired) electrons. The molecular weight excluding hydrogens is 352 g/mol. The summed E-state index contributed by atoms with van der Waals surface area (Å²) in [6, 6.07) is 19.4.